The minimum Gasteiger partial charge on any atom is -0.492 e. The Labute approximate surface area is 165 Å². The smallest absolute Gasteiger partial charge is 0.350 e. The fourth-order valence-electron chi connectivity index (χ4n) is 4.27. The molecule has 0 amide bonds. The highest BCUT2D eigenvalue weighted by molar-refractivity contribution is 5.91. The second kappa shape index (κ2) is 6.19. The molecular formula is C19H25F2N5O3. The molecule has 8 nitrogen and oxygen atoms in total. The summed E-state index contributed by atoms with van der Waals surface area (Å²) in [5.74, 6) is 1.84. The number of fused-ring (bicyclic) bond motifs is 1. The normalized spacial score (nSPS) is 21.7. The van der Waals surface area contributed by atoms with Crippen molar-refractivity contribution in [2.24, 2.45) is 11.7 Å². The fraction of sp³-hybridized carbons (Fsp3) is 0.579. The zero-order valence-electron chi connectivity index (χ0n) is 16.6. The number of hydrogen-bond acceptors (Lipinski definition) is 6. The minimum absolute atomic E-state index is 0.0278. The number of methoxy groups -OCH3 is 1. The van der Waals surface area contributed by atoms with E-state index in [4.69, 9.17) is 16.3 Å². The van der Waals surface area contributed by atoms with Crippen LogP contribution >= 0.6 is 0 Å². The molecule has 1 saturated carbocycles. The van der Waals surface area contributed by atoms with Crippen molar-refractivity contribution in [1.82, 2.24) is 9.24 Å². The summed E-state index contributed by atoms with van der Waals surface area (Å²) in [6.07, 6.45) is 1.54. The van der Waals surface area contributed by atoms with Crippen LogP contribution in [0.15, 0.2) is 21.7 Å². The highest BCUT2D eigenvalue weighted by Gasteiger charge is 2.54. The van der Waals surface area contributed by atoms with Crippen LogP contribution in [0.5, 0.6) is 5.75 Å². The molecule has 1 aromatic heterocycles. The second-order valence-corrected chi connectivity index (χ2v) is 8.59. The summed E-state index contributed by atoms with van der Waals surface area (Å²) in [4.78, 5) is 26.7. The summed E-state index contributed by atoms with van der Waals surface area (Å²) >= 11 is 0. The van der Waals surface area contributed by atoms with Gasteiger partial charge in [0.05, 0.1) is 30.6 Å². The van der Waals surface area contributed by atoms with Crippen LogP contribution in [-0.4, -0.2) is 40.9 Å². The maximum atomic E-state index is 14.7. The second-order valence-electron chi connectivity index (χ2n) is 8.59. The lowest BCUT2D eigenvalue weighted by Gasteiger charge is -2.30. The molecule has 29 heavy (non-hydrogen) atoms. The van der Waals surface area contributed by atoms with Crippen molar-refractivity contribution >= 4 is 16.6 Å². The first-order valence-corrected chi connectivity index (χ1v) is 9.52. The summed E-state index contributed by atoms with van der Waals surface area (Å²) in [5.41, 5.74) is 4.32. The van der Waals surface area contributed by atoms with Crippen molar-refractivity contribution < 1.29 is 13.5 Å². The monoisotopic (exact) mass is 409 g/mol. The van der Waals surface area contributed by atoms with Gasteiger partial charge in [0, 0.05) is 18.1 Å². The van der Waals surface area contributed by atoms with E-state index in [1.165, 1.54) is 22.6 Å². The van der Waals surface area contributed by atoms with E-state index in [2.05, 4.69) is 0 Å². The van der Waals surface area contributed by atoms with Crippen molar-refractivity contribution in [1.29, 1.82) is 0 Å². The fourth-order valence-corrected chi connectivity index (χ4v) is 4.27. The van der Waals surface area contributed by atoms with E-state index in [1.807, 2.05) is 0 Å². The van der Waals surface area contributed by atoms with Crippen LogP contribution in [0, 0.1) is 5.92 Å². The van der Waals surface area contributed by atoms with Gasteiger partial charge in [-0.3, -0.25) is 9.36 Å². The molecule has 1 aliphatic heterocycles. The Bertz CT molecular complexity index is 1100. The number of aromatic nitrogens is 2. The molecule has 10 heteroatoms. The molecule has 0 bridgehead atoms. The first-order valence-electron chi connectivity index (χ1n) is 9.52. The summed E-state index contributed by atoms with van der Waals surface area (Å²) < 4.78 is 37.0. The number of anilines is 1. The quantitative estimate of drug-likeness (QED) is 0.731. The van der Waals surface area contributed by atoms with Gasteiger partial charge in [-0.1, -0.05) is 0 Å². The predicted molar refractivity (Wildman–Crippen MR) is 106 cm³/mol. The summed E-state index contributed by atoms with van der Waals surface area (Å²) in [5, 5.41) is 0.210. The van der Waals surface area contributed by atoms with Gasteiger partial charge in [-0.15, -0.1) is 0 Å². The topological polar surface area (TPSA) is 109 Å². The number of nitrogens with zero attached hydrogens (tertiary/aromatic N) is 3. The van der Waals surface area contributed by atoms with Crippen molar-refractivity contribution in [2.45, 2.75) is 44.2 Å². The average Bonchev–Trinajstić information content (AvgIpc) is 3.40. The highest BCUT2D eigenvalue weighted by Crippen LogP contribution is 2.45. The van der Waals surface area contributed by atoms with Crippen LogP contribution in [0.4, 0.5) is 14.5 Å². The molecule has 2 aromatic rings. The van der Waals surface area contributed by atoms with Crippen molar-refractivity contribution in [3.05, 3.63) is 33.0 Å². The van der Waals surface area contributed by atoms with E-state index >= 15 is 0 Å². The van der Waals surface area contributed by atoms with Crippen LogP contribution in [-0.2, 0) is 0 Å². The van der Waals surface area contributed by atoms with Gasteiger partial charge in [0.1, 0.15) is 5.52 Å². The van der Waals surface area contributed by atoms with Gasteiger partial charge in [-0.05, 0) is 38.8 Å². The Balaban J connectivity index is 1.94. The van der Waals surface area contributed by atoms with E-state index < -0.39 is 35.2 Å². The number of benzene rings is 1. The number of hydrogen-bond donors (Lipinski definition) is 2. The van der Waals surface area contributed by atoms with Crippen LogP contribution in [0.2, 0.25) is 0 Å². The Morgan fingerprint density at radius 3 is 2.41 bits per heavy atom. The molecule has 2 aliphatic rings. The maximum Gasteiger partial charge on any atom is 0.350 e. The zero-order valence-corrected chi connectivity index (χ0v) is 16.6. The summed E-state index contributed by atoms with van der Waals surface area (Å²) in [6.45, 7) is 2.67. The predicted octanol–water partition coefficient (Wildman–Crippen LogP) is 1.03. The third-order valence-corrected chi connectivity index (χ3v) is 5.88. The van der Waals surface area contributed by atoms with Gasteiger partial charge in [0.25, 0.3) is 11.5 Å². The Morgan fingerprint density at radius 1 is 1.24 bits per heavy atom. The van der Waals surface area contributed by atoms with Gasteiger partial charge in [-0.2, -0.15) is 4.68 Å². The third kappa shape index (κ3) is 2.97. The number of rotatable bonds is 4. The maximum absolute atomic E-state index is 14.7. The summed E-state index contributed by atoms with van der Waals surface area (Å²) in [7, 11) is 1.40. The zero-order chi connectivity index (χ0) is 21.3. The number of ether oxygens (including phenoxy) is 1. The lowest BCUT2D eigenvalue weighted by Crippen LogP contribution is -2.49. The first-order chi connectivity index (χ1) is 13.5. The van der Waals surface area contributed by atoms with Crippen molar-refractivity contribution in [3.8, 4) is 5.75 Å². The van der Waals surface area contributed by atoms with Gasteiger partial charge >= 0.3 is 5.69 Å². The molecule has 1 aromatic carbocycles. The number of nitrogen functional groups attached to an aromatic ring is 1. The van der Waals surface area contributed by atoms with E-state index in [9.17, 15) is 18.4 Å². The molecule has 2 heterocycles. The van der Waals surface area contributed by atoms with Crippen molar-refractivity contribution in [2.75, 3.05) is 30.9 Å². The van der Waals surface area contributed by atoms with Gasteiger partial charge < -0.3 is 21.2 Å². The van der Waals surface area contributed by atoms with Gasteiger partial charge in [-0.25, -0.2) is 13.6 Å². The minimum atomic E-state index is -2.99. The molecule has 158 valence electrons. The molecule has 2 fully saturated rings. The van der Waals surface area contributed by atoms with Crippen LogP contribution in [0.1, 0.15) is 32.7 Å². The van der Waals surface area contributed by atoms with E-state index in [1.54, 1.807) is 19.9 Å². The van der Waals surface area contributed by atoms with Crippen LogP contribution in [0.25, 0.3) is 10.9 Å². The Kier molecular flexibility index (Phi) is 4.20. The lowest BCUT2D eigenvalue weighted by atomic mass is 9.85. The molecule has 0 spiro atoms. The molecule has 1 unspecified atom stereocenters. The molecule has 0 radical (unpaired) electrons. The Morgan fingerprint density at radius 2 is 1.90 bits per heavy atom. The molecule has 4 rings (SSSR count). The van der Waals surface area contributed by atoms with Crippen molar-refractivity contribution in [3.63, 3.8) is 0 Å². The van der Waals surface area contributed by atoms with Gasteiger partial charge in [0.15, 0.2) is 5.75 Å². The first kappa shape index (κ1) is 19.7. The molecule has 4 N–H and O–H groups in total. The standard InChI is InChI=1S/C19H25F2N5O3/c1-18(2,22)13-8-24(9-19(13,20)21)12-7-6-11-14(15(12)29-3)25(10-4-5-10)17(28)26(23)16(11)27/h6-7,10,13H,4-5,8-9,22-23H2,1-3H3. The average molecular weight is 409 g/mol. The highest BCUT2D eigenvalue weighted by atomic mass is 19.3. The van der Waals surface area contributed by atoms with Gasteiger partial charge in [0.2, 0.25) is 0 Å². The number of alkyl halides is 2. The molecular weight excluding hydrogens is 384 g/mol. The molecule has 1 atom stereocenters. The third-order valence-electron chi connectivity index (χ3n) is 5.88. The number of nitrogens with two attached hydrogens (primary N) is 2. The van der Waals surface area contributed by atoms with Crippen LogP contribution in [0.3, 0.4) is 0 Å². The van der Waals surface area contributed by atoms with E-state index in [0.29, 0.717) is 15.9 Å². The number of halogens is 2. The Hall–Kier alpha value is -2.62. The SMILES string of the molecule is COc1c(N2CC(C(C)(C)N)C(F)(F)C2)ccc2c(=O)n(N)c(=O)n(C3CC3)c12. The largest absolute Gasteiger partial charge is 0.492 e. The molecule has 1 saturated heterocycles. The van der Waals surface area contributed by atoms with E-state index in [-0.39, 0.29) is 23.7 Å². The summed E-state index contributed by atoms with van der Waals surface area (Å²) in [6, 6.07) is 2.97. The van der Waals surface area contributed by atoms with Crippen LogP contribution < -0.4 is 32.5 Å². The lowest BCUT2D eigenvalue weighted by molar-refractivity contribution is -0.0432. The van der Waals surface area contributed by atoms with E-state index in [0.717, 1.165) is 12.8 Å². The molecule has 1 aliphatic carbocycles.